The molecule has 0 fully saturated rings. The molecular weight excluding hydrogens is 991 g/mol. The molecule has 8 aromatic carbocycles. The third-order valence-corrected chi connectivity index (χ3v) is 32.4. The zero-order chi connectivity index (χ0) is 44.7. The van der Waals surface area contributed by atoms with Crippen LogP contribution in [-0.2, 0) is 43.5 Å². The van der Waals surface area contributed by atoms with Gasteiger partial charge in [0.25, 0.3) is 0 Å². The average molecular weight is 1040 g/mol. The molecule has 4 unspecified atom stereocenters. The minimum atomic E-state index is -2.36. The molecule has 12 rings (SSSR count). The van der Waals surface area contributed by atoms with Crippen molar-refractivity contribution in [2.24, 2.45) is 0 Å². The molecule has 4 aliphatic carbocycles. The molecule has 0 saturated carbocycles. The molecule has 67 heavy (non-hydrogen) atoms. The van der Waals surface area contributed by atoms with Gasteiger partial charge in [-0.2, -0.15) is 7.11 Å². The summed E-state index contributed by atoms with van der Waals surface area (Å²) >= 11 is -4.71. The first-order chi connectivity index (χ1) is 32.8. The van der Waals surface area contributed by atoms with Gasteiger partial charge in [0.2, 0.25) is 0 Å². The normalized spacial score (nSPS) is 17.3. The van der Waals surface area contributed by atoms with Crippen molar-refractivity contribution in [1.29, 1.82) is 0 Å². The molecule has 4 heteroatoms. The molecule has 0 spiro atoms. The number of halogens is 1. The van der Waals surface area contributed by atoms with Crippen LogP contribution in [0.15, 0.2) is 243 Å². The third-order valence-electron chi connectivity index (χ3n) is 13.8. The monoisotopic (exact) mass is 1040 g/mol. The molecule has 0 heterocycles. The van der Waals surface area contributed by atoms with Crippen LogP contribution >= 0.6 is 0 Å². The maximum atomic E-state index is 8.25. The Kier molecular flexibility index (Phi) is 15.5. The Balaban J connectivity index is 0.000000160. The van der Waals surface area contributed by atoms with Crippen LogP contribution in [-0.4, -0.2) is 7.11 Å². The first-order valence-electron chi connectivity index (χ1n) is 23.2. The molecule has 0 saturated heterocycles. The van der Waals surface area contributed by atoms with Crippen molar-refractivity contribution in [2.75, 3.05) is 7.11 Å². The fraction of sp³-hybridized carbons (Fsp3) is 0.111. The number of benzene rings is 8. The molecule has 0 aromatic heterocycles. The number of rotatable bonds is 10. The van der Waals surface area contributed by atoms with Crippen LogP contribution in [0.3, 0.4) is 0 Å². The van der Waals surface area contributed by atoms with E-state index in [0.717, 1.165) is 7.11 Å². The minimum absolute atomic E-state index is 0. The summed E-state index contributed by atoms with van der Waals surface area (Å²) < 4.78 is 3.20. The molecule has 4 atom stereocenters. The van der Waals surface area contributed by atoms with Gasteiger partial charge in [0.1, 0.15) is 0 Å². The van der Waals surface area contributed by atoms with Gasteiger partial charge in [0.05, 0.1) is 0 Å². The van der Waals surface area contributed by atoms with E-state index in [1.807, 2.05) is 0 Å². The Bertz CT molecular complexity index is 2590. The Morgan fingerprint density at radius 3 is 0.701 bits per heavy atom. The first-order valence-corrected chi connectivity index (χ1v) is 31.7. The van der Waals surface area contributed by atoms with Crippen molar-refractivity contribution in [2.45, 2.75) is 21.8 Å². The molecule has 0 N–H and O–H groups in total. The van der Waals surface area contributed by atoms with Crippen LogP contribution in [0, 0.1) is 0 Å². The SMILES string of the molecule is C1=C[CH]([Zr+]([CH]2C=Cc3ccccc32)[CH](c2ccccc2)c2ccccc2)c2ccccc21.C1=C[CH]([Zr+]([CH]2C=Cc3ccccc32)[CH](c2ccccc2)c2ccccc2)c2ccccc21.C[O-].[Cl-]. The Labute approximate surface area is 419 Å². The summed E-state index contributed by atoms with van der Waals surface area (Å²) in [4.78, 5) is 0. The molecule has 4 aliphatic rings. The Hall–Kier alpha value is -5.26. The molecule has 0 amide bonds. The van der Waals surface area contributed by atoms with Gasteiger partial charge in [0.15, 0.2) is 0 Å². The van der Waals surface area contributed by atoms with Crippen LogP contribution < -0.4 is 17.5 Å². The largest absolute Gasteiger partial charge is 1.00 e. The van der Waals surface area contributed by atoms with E-state index in [9.17, 15) is 0 Å². The van der Waals surface area contributed by atoms with Gasteiger partial charge < -0.3 is 17.5 Å². The maximum Gasteiger partial charge on any atom is -0.153 e. The second kappa shape index (κ2) is 22.2. The van der Waals surface area contributed by atoms with Gasteiger partial charge in [-0.1, -0.05) is 0 Å². The van der Waals surface area contributed by atoms with E-state index < -0.39 is 43.5 Å². The summed E-state index contributed by atoms with van der Waals surface area (Å²) in [6.45, 7) is 0. The van der Waals surface area contributed by atoms with Crippen LogP contribution in [0.4, 0.5) is 0 Å². The summed E-state index contributed by atoms with van der Waals surface area (Å²) in [6, 6.07) is 81.3. The van der Waals surface area contributed by atoms with Gasteiger partial charge in [-0.15, -0.1) is 0 Å². The van der Waals surface area contributed by atoms with Crippen molar-refractivity contribution >= 4 is 24.3 Å². The smallest absolute Gasteiger partial charge is 0.153 e. The number of fused-ring (bicyclic) bond motifs is 4. The van der Waals surface area contributed by atoms with Gasteiger partial charge in [-0.3, -0.25) is 0 Å². The summed E-state index contributed by atoms with van der Waals surface area (Å²) in [5.74, 6) is 0. The van der Waals surface area contributed by atoms with Gasteiger partial charge in [-0.25, -0.2) is 0 Å². The summed E-state index contributed by atoms with van der Waals surface area (Å²) in [6.07, 6.45) is 19.6. The van der Waals surface area contributed by atoms with Crippen LogP contribution in [0.25, 0.3) is 24.3 Å². The molecule has 8 aromatic rings. The van der Waals surface area contributed by atoms with Gasteiger partial charge >= 0.3 is 399 Å². The summed E-state index contributed by atoms with van der Waals surface area (Å²) in [7, 11) is 0.750. The Morgan fingerprint density at radius 2 is 0.478 bits per heavy atom. The van der Waals surface area contributed by atoms with E-state index in [4.69, 9.17) is 5.11 Å². The van der Waals surface area contributed by atoms with Crippen molar-refractivity contribution in [3.63, 3.8) is 0 Å². The predicted octanol–water partition coefficient (Wildman–Crippen LogP) is 11.8. The van der Waals surface area contributed by atoms with E-state index in [1.54, 1.807) is 0 Å². The first kappa shape index (κ1) is 46.8. The van der Waals surface area contributed by atoms with E-state index in [1.165, 1.54) is 66.8 Å². The van der Waals surface area contributed by atoms with Crippen molar-refractivity contribution in [3.05, 3.63) is 309 Å². The topological polar surface area (TPSA) is 23.1 Å². The Morgan fingerprint density at radius 1 is 0.284 bits per heavy atom. The molecule has 0 radical (unpaired) electrons. The van der Waals surface area contributed by atoms with E-state index in [2.05, 4.69) is 267 Å². The van der Waals surface area contributed by atoms with Crippen LogP contribution in [0.1, 0.15) is 88.5 Å². The van der Waals surface area contributed by atoms with Crippen molar-refractivity contribution in [1.82, 2.24) is 0 Å². The quantitative estimate of drug-likeness (QED) is 0.134. The third kappa shape index (κ3) is 9.73. The van der Waals surface area contributed by atoms with Gasteiger partial charge in [0, 0.05) is 0 Å². The van der Waals surface area contributed by atoms with Crippen LogP contribution in [0.2, 0.25) is 0 Å². The van der Waals surface area contributed by atoms with Gasteiger partial charge in [-0.05, 0) is 0 Å². The zero-order valence-electron chi connectivity index (χ0n) is 37.7. The van der Waals surface area contributed by atoms with Crippen molar-refractivity contribution < 1.29 is 61.0 Å². The average Bonchev–Trinajstić information content (AvgIpc) is 4.23. The van der Waals surface area contributed by atoms with Crippen LogP contribution in [0.5, 0.6) is 0 Å². The standard InChI is InChI=1S/2C13H11.4C9H7.CH3O.ClH.2Zr/c2*1-3-7-12(8-4-1)11-13-9-5-2-6-10-13;4*1-2-5-9-7-3-6-8(9)4-1;1-2;;;/h2*1-11H;4*1-7H;1H3;1H;;/q;;;;;;-1;;2*+1/p-1. The number of hydrogen-bond donors (Lipinski definition) is 0. The molecule has 0 aliphatic heterocycles. The van der Waals surface area contributed by atoms with E-state index in [0.29, 0.717) is 21.8 Å². The molecular formula is C63H53ClOZr2. The molecule has 0 bridgehead atoms. The molecule has 326 valence electrons. The predicted molar refractivity (Wildman–Crippen MR) is 268 cm³/mol. The number of hydrogen-bond acceptors (Lipinski definition) is 1. The van der Waals surface area contributed by atoms with Crippen molar-refractivity contribution in [3.8, 4) is 0 Å². The molecule has 1 nitrogen and oxygen atoms in total. The number of allylic oxidation sites excluding steroid dienone is 4. The van der Waals surface area contributed by atoms with E-state index >= 15 is 0 Å². The summed E-state index contributed by atoms with van der Waals surface area (Å²) in [5.41, 5.74) is 17.7. The fourth-order valence-electron chi connectivity index (χ4n) is 11.0. The summed E-state index contributed by atoms with van der Waals surface area (Å²) in [5, 5.41) is 8.25. The zero-order valence-corrected chi connectivity index (χ0v) is 43.3. The second-order valence-corrected chi connectivity index (χ2v) is 31.2. The second-order valence-electron chi connectivity index (χ2n) is 17.4. The maximum absolute atomic E-state index is 8.25. The fourth-order valence-corrected chi connectivity index (χ4v) is 31.4. The minimum Gasteiger partial charge on any atom is -1.00 e. The van der Waals surface area contributed by atoms with E-state index in [-0.39, 0.29) is 12.4 Å².